The molecule has 0 spiro atoms. The first kappa shape index (κ1) is 20.9. The Hall–Kier alpha value is -5.23. The van der Waals surface area contributed by atoms with Crippen molar-refractivity contribution in [3.63, 3.8) is 0 Å². The fourth-order valence-electron chi connectivity index (χ4n) is 5.78. The molecule has 0 saturated heterocycles. The van der Waals surface area contributed by atoms with Gasteiger partial charge in [0.05, 0.1) is 27.8 Å². The second kappa shape index (κ2) is 7.40. The number of carbonyl (C=O) groups excluding carboxylic acids is 2. The zero-order valence-corrected chi connectivity index (χ0v) is 20.4. The number of aromatic amines is 2. The Balaban J connectivity index is 1.40. The number of H-pyrrole nitrogens is 2. The van der Waals surface area contributed by atoms with Crippen molar-refractivity contribution < 1.29 is 9.59 Å². The van der Waals surface area contributed by atoms with Gasteiger partial charge in [-0.15, -0.1) is 0 Å². The molecular weight excluding hydrogens is 472 g/mol. The van der Waals surface area contributed by atoms with Gasteiger partial charge in [0.25, 0.3) is 11.8 Å². The summed E-state index contributed by atoms with van der Waals surface area (Å²) in [6.45, 7) is 2.08. The highest BCUT2D eigenvalue weighted by Crippen LogP contribution is 2.39. The van der Waals surface area contributed by atoms with E-state index in [-0.39, 0.29) is 11.8 Å². The van der Waals surface area contributed by atoms with E-state index in [9.17, 15) is 9.59 Å². The molecule has 0 atom stereocenters. The third kappa shape index (κ3) is 2.74. The molecule has 0 bridgehead atoms. The number of carbonyl (C=O) groups is 2. The second-order valence-electron chi connectivity index (χ2n) is 9.83. The number of imidazole rings is 1. The van der Waals surface area contributed by atoms with E-state index in [0.717, 1.165) is 54.9 Å². The molecular formula is C32H20N4O2. The summed E-state index contributed by atoms with van der Waals surface area (Å²) >= 11 is 0. The van der Waals surface area contributed by atoms with E-state index in [1.54, 1.807) is 24.3 Å². The largest absolute Gasteiger partial charge is 0.360 e. The third-order valence-corrected chi connectivity index (χ3v) is 7.59. The number of aromatic nitrogens is 3. The minimum Gasteiger partial charge on any atom is -0.360 e. The first-order chi connectivity index (χ1) is 18.6. The van der Waals surface area contributed by atoms with Crippen LogP contribution in [-0.4, -0.2) is 26.8 Å². The number of imide groups is 1. The lowest BCUT2D eigenvalue weighted by molar-refractivity contribution is 0.0926. The maximum atomic E-state index is 13.2. The highest BCUT2D eigenvalue weighted by atomic mass is 16.2. The molecule has 2 aromatic heterocycles. The number of anilines is 1. The van der Waals surface area contributed by atoms with Crippen molar-refractivity contribution in [2.24, 2.45) is 0 Å². The molecule has 6 heteroatoms. The molecule has 0 fully saturated rings. The maximum absolute atomic E-state index is 13.2. The van der Waals surface area contributed by atoms with Gasteiger partial charge in [0.15, 0.2) is 0 Å². The van der Waals surface area contributed by atoms with Crippen molar-refractivity contribution in [2.45, 2.75) is 6.92 Å². The van der Waals surface area contributed by atoms with Crippen molar-refractivity contribution in [3.8, 4) is 11.4 Å². The standard InChI is InChI=1S/C32H20N4O2/c1-17-10-13-27-24(14-17)26(16-33-27)30-34-28-21-7-3-2-6-19(21)20-12-11-18(15-25(20)29(28)35-30)36-31(37)22-8-4-5-9-23(22)32(36)38/h2-16,33H,1H3,(H,34,35). The minimum absolute atomic E-state index is 0.304. The normalized spacial score (nSPS) is 13.4. The zero-order chi connectivity index (χ0) is 25.5. The van der Waals surface area contributed by atoms with Crippen LogP contribution in [0.15, 0.2) is 91.1 Å². The number of aryl methyl sites for hydroxylation is 1. The smallest absolute Gasteiger partial charge is 0.266 e. The number of nitrogens with zero attached hydrogens (tertiary/aromatic N) is 2. The molecule has 1 aliphatic rings. The second-order valence-corrected chi connectivity index (χ2v) is 9.83. The predicted molar refractivity (Wildman–Crippen MR) is 151 cm³/mol. The molecule has 5 aromatic carbocycles. The Morgan fingerprint density at radius 2 is 1.39 bits per heavy atom. The number of fused-ring (bicyclic) bond motifs is 8. The molecule has 0 radical (unpaired) electrons. The van der Waals surface area contributed by atoms with E-state index in [2.05, 4.69) is 47.2 Å². The van der Waals surface area contributed by atoms with Gasteiger partial charge in [0.1, 0.15) is 5.82 Å². The molecule has 6 nitrogen and oxygen atoms in total. The van der Waals surface area contributed by atoms with Gasteiger partial charge < -0.3 is 9.97 Å². The summed E-state index contributed by atoms with van der Waals surface area (Å²) in [6, 6.07) is 27.3. The average molecular weight is 493 g/mol. The van der Waals surface area contributed by atoms with Crippen molar-refractivity contribution in [3.05, 3.63) is 108 Å². The Bertz CT molecular complexity index is 2120. The molecule has 3 heterocycles. The van der Waals surface area contributed by atoms with Gasteiger partial charge in [0, 0.05) is 33.4 Å². The molecule has 38 heavy (non-hydrogen) atoms. The lowest BCUT2D eigenvalue weighted by Gasteiger charge is -2.15. The first-order valence-electron chi connectivity index (χ1n) is 12.5. The van der Waals surface area contributed by atoms with Crippen LogP contribution in [0.1, 0.15) is 26.3 Å². The van der Waals surface area contributed by atoms with Crippen LogP contribution in [0.4, 0.5) is 5.69 Å². The molecule has 180 valence electrons. The highest BCUT2D eigenvalue weighted by Gasteiger charge is 2.36. The highest BCUT2D eigenvalue weighted by molar-refractivity contribution is 6.35. The molecule has 2 N–H and O–H groups in total. The van der Waals surface area contributed by atoms with Crippen LogP contribution in [0, 0.1) is 6.92 Å². The molecule has 7 aromatic rings. The SMILES string of the molecule is Cc1ccc2[nH]cc(-c3nc4c5ccccc5c5ccc(N6C(=O)c7ccccc7C6=O)cc5c4[nH]3)c2c1. The van der Waals surface area contributed by atoms with Gasteiger partial charge in [-0.3, -0.25) is 9.59 Å². The van der Waals surface area contributed by atoms with Gasteiger partial charge in [-0.2, -0.15) is 0 Å². The van der Waals surface area contributed by atoms with Gasteiger partial charge in [0.2, 0.25) is 0 Å². The van der Waals surface area contributed by atoms with Gasteiger partial charge >= 0.3 is 0 Å². The van der Waals surface area contributed by atoms with Gasteiger partial charge in [-0.05, 0) is 54.1 Å². The van der Waals surface area contributed by atoms with Crippen LogP contribution in [0.3, 0.4) is 0 Å². The Kier molecular flexibility index (Phi) is 4.07. The van der Waals surface area contributed by atoms with E-state index >= 15 is 0 Å². The van der Waals surface area contributed by atoms with E-state index in [1.807, 2.05) is 36.5 Å². The number of hydrogen-bond donors (Lipinski definition) is 2. The summed E-state index contributed by atoms with van der Waals surface area (Å²) in [5, 5.41) is 5.14. The zero-order valence-electron chi connectivity index (χ0n) is 20.4. The lowest BCUT2D eigenvalue weighted by Crippen LogP contribution is -2.29. The summed E-state index contributed by atoms with van der Waals surface area (Å²) in [5.74, 6) is 0.156. The monoisotopic (exact) mass is 492 g/mol. The van der Waals surface area contributed by atoms with Crippen LogP contribution >= 0.6 is 0 Å². The Morgan fingerprint density at radius 1 is 0.684 bits per heavy atom. The Labute approximate surface area is 216 Å². The quantitative estimate of drug-likeness (QED) is 0.199. The summed E-state index contributed by atoms with van der Waals surface area (Å²) < 4.78 is 0. The number of hydrogen-bond acceptors (Lipinski definition) is 3. The topological polar surface area (TPSA) is 81.8 Å². The fraction of sp³-hybridized carbons (Fsp3) is 0.0312. The fourth-order valence-corrected chi connectivity index (χ4v) is 5.78. The first-order valence-corrected chi connectivity index (χ1v) is 12.5. The molecule has 2 amide bonds. The molecule has 0 saturated carbocycles. The summed E-state index contributed by atoms with van der Waals surface area (Å²) in [7, 11) is 0. The van der Waals surface area contributed by atoms with Crippen molar-refractivity contribution in [1.29, 1.82) is 0 Å². The summed E-state index contributed by atoms with van der Waals surface area (Å²) in [6.07, 6.45) is 1.98. The lowest BCUT2D eigenvalue weighted by atomic mass is 9.99. The van der Waals surface area contributed by atoms with Crippen LogP contribution < -0.4 is 4.90 Å². The van der Waals surface area contributed by atoms with Crippen LogP contribution in [0.25, 0.3) is 54.9 Å². The van der Waals surface area contributed by atoms with Crippen molar-refractivity contribution in [2.75, 3.05) is 4.90 Å². The average Bonchev–Trinajstić information content (AvgIpc) is 3.63. The van der Waals surface area contributed by atoms with Gasteiger partial charge in [-0.25, -0.2) is 9.88 Å². The number of benzene rings is 5. The van der Waals surface area contributed by atoms with Crippen LogP contribution in [-0.2, 0) is 0 Å². The molecule has 0 aliphatic carbocycles. The van der Waals surface area contributed by atoms with Gasteiger partial charge in [-0.1, -0.05) is 54.1 Å². The third-order valence-electron chi connectivity index (χ3n) is 7.59. The van der Waals surface area contributed by atoms with Crippen LogP contribution in [0.5, 0.6) is 0 Å². The number of amides is 2. The van der Waals surface area contributed by atoms with E-state index in [1.165, 1.54) is 10.5 Å². The Morgan fingerprint density at radius 3 is 2.18 bits per heavy atom. The summed E-state index contributed by atoms with van der Waals surface area (Å²) in [5.41, 5.74) is 6.34. The van der Waals surface area contributed by atoms with Crippen molar-refractivity contribution in [1.82, 2.24) is 15.0 Å². The molecule has 1 aliphatic heterocycles. The minimum atomic E-state index is -0.304. The van der Waals surface area contributed by atoms with E-state index in [0.29, 0.717) is 16.8 Å². The van der Waals surface area contributed by atoms with Crippen LogP contribution in [0.2, 0.25) is 0 Å². The maximum Gasteiger partial charge on any atom is 0.266 e. The van der Waals surface area contributed by atoms with E-state index < -0.39 is 0 Å². The van der Waals surface area contributed by atoms with E-state index in [4.69, 9.17) is 4.98 Å². The summed E-state index contributed by atoms with van der Waals surface area (Å²) in [4.78, 5) is 39.7. The molecule has 0 unspecified atom stereocenters. The molecule has 8 rings (SSSR count). The van der Waals surface area contributed by atoms with Crippen molar-refractivity contribution >= 4 is 61.0 Å². The number of nitrogens with one attached hydrogen (secondary N) is 2. The predicted octanol–water partition coefficient (Wildman–Crippen LogP) is 7.13. The number of rotatable bonds is 2.